The van der Waals surface area contributed by atoms with Crippen LogP contribution in [0.5, 0.6) is 0 Å². The van der Waals surface area contributed by atoms with Crippen molar-refractivity contribution in [3.05, 3.63) is 59.4 Å². The van der Waals surface area contributed by atoms with Crippen LogP contribution in [0.1, 0.15) is 33.8 Å². The fourth-order valence-electron chi connectivity index (χ4n) is 2.57. The average molecular weight is 361 g/mol. The third-order valence-corrected chi connectivity index (χ3v) is 3.91. The maximum absolute atomic E-state index is 13.6. The number of benzene rings is 1. The lowest BCUT2D eigenvalue weighted by Gasteiger charge is -2.11. The summed E-state index contributed by atoms with van der Waals surface area (Å²) in [5.74, 6) is -2.78. The molecular formula is C18H17F2N3O3. The molecule has 1 fully saturated rings. The molecule has 6 nitrogen and oxygen atoms in total. The Bertz CT molecular complexity index is 823. The van der Waals surface area contributed by atoms with E-state index in [1.165, 1.54) is 18.2 Å². The zero-order valence-electron chi connectivity index (χ0n) is 13.8. The first-order valence-corrected chi connectivity index (χ1v) is 8.16. The minimum absolute atomic E-state index is 0.00752. The van der Waals surface area contributed by atoms with E-state index in [0.29, 0.717) is 19.2 Å². The van der Waals surface area contributed by atoms with Crippen LogP contribution in [-0.4, -0.2) is 36.1 Å². The van der Waals surface area contributed by atoms with E-state index in [-0.39, 0.29) is 23.2 Å². The van der Waals surface area contributed by atoms with E-state index >= 15 is 0 Å². The number of ether oxygens (including phenoxy) is 1. The first kappa shape index (κ1) is 17.9. The van der Waals surface area contributed by atoms with Crippen LogP contribution in [0.25, 0.3) is 0 Å². The van der Waals surface area contributed by atoms with Crippen molar-refractivity contribution in [2.24, 2.45) is 0 Å². The second kappa shape index (κ2) is 8.01. The van der Waals surface area contributed by atoms with Crippen molar-refractivity contribution in [3.63, 3.8) is 0 Å². The van der Waals surface area contributed by atoms with Gasteiger partial charge in [-0.2, -0.15) is 0 Å². The van der Waals surface area contributed by atoms with Crippen LogP contribution in [0.15, 0.2) is 36.4 Å². The van der Waals surface area contributed by atoms with E-state index in [1.807, 2.05) is 0 Å². The Kier molecular flexibility index (Phi) is 5.52. The molecular weight excluding hydrogens is 344 g/mol. The topological polar surface area (TPSA) is 80.3 Å². The molecule has 26 heavy (non-hydrogen) atoms. The van der Waals surface area contributed by atoms with Crippen molar-refractivity contribution in [3.8, 4) is 0 Å². The Hall–Kier alpha value is -2.87. The maximum atomic E-state index is 13.6. The molecule has 2 N–H and O–H groups in total. The standard InChI is InChI=1S/C18H17F2N3O3/c19-11-6-7-14(13(20)9-11)23-18(25)16-5-1-4-15(22-16)17(24)21-10-12-3-2-8-26-12/h1,4-7,9,12H,2-3,8,10H2,(H,21,24)(H,23,25). The van der Waals surface area contributed by atoms with Crippen LogP contribution in [0.3, 0.4) is 0 Å². The van der Waals surface area contributed by atoms with Crippen LogP contribution in [0, 0.1) is 11.6 Å². The molecule has 0 bridgehead atoms. The number of nitrogens with one attached hydrogen (secondary N) is 2. The molecule has 1 saturated heterocycles. The van der Waals surface area contributed by atoms with Crippen molar-refractivity contribution in [2.75, 3.05) is 18.5 Å². The van der Waals surface area contributed by atoms with E-state index < -0.39 is 23.4 Å². The fourth-order valence-corrected chi connectivity index (χ4v) is 2.57. The number of anilines is 1. The highest BCUT2D eigenvalue weighted by atomic mass is 19.1. The number of aromatic nitrogens is 1. The monoisotopic (exact) mass is 361 g/mol. The summed E-state index contributed by atoms with van der Waals surface area (Å²) in [7, 11) is 0. The van der Waals surface area contributed by atoms with Gasteiger partial charge in [0.1, 0.15) is 23.0 Å². The lowest BCUT2D eigenvalue weighted by molar-refractivity contribution is 0.0853. The molecule has 1 unspecified atom stereocenters. The third kappa shape index (κ3) is 4.40. The van der Waals surface area contributed by atoms with Gasteiger partial charge in [0.15, 0.2) is 0 Å². The highest BCUT2D eigenvalue weighted by Crippen LogP contribution is 2.16. The van der Waals surface area contributed by atoms with E-state index in [0.717, 1.165) is 25.0 Å². The first-order valence-electron chi connectivity index (χ1n) is 8.16. The van der Waals surface area contributed by atoms with Crippen molar-refractivity contribution in [2.45, 2.75) is 18.9 Å². The van der Waals surface area contributed by atoms with Gasteiger partial charge in [0.2, 0.25) is 0 Å². The largest absolute Gasteiger partial charge is 0.376 e. The molecule has 2 heterocycles. The number of pyridine rings is 1. The molecule has 1 aromatic carbocycles. The predicted molar refractivity (Wildman–Crippen MR) is 89.9 cm³/mol. The molecule has 0 spiro atoms. The molecule has 0 radical (unpaired) electrons. The summed E-state index contributed by atoms with van der Waals surface area (Å²) in [6.45, 7) is 1.06. The number of hydrogen-bond donors (Lipinski definition) is 2. The zero-order chi connectivity index (χ0) is 18.5. The summed E-state index contributed by atoms with van der Waals surface area (Å²) in [4.78, 5) is 28.4. The van der Waals surface area contributed by atoms with Crippen molar-refractivity contribution < 1.29 is 23.1 Å². The molecule has 2 aromatic rings. The molecule has 1 atom stereocenters. The Balaban J connectivity index is 1.65. The second-order valence-electron chi connectivity index (χ2n) is 5.83. The zero-order valence-corrected chi connectivity index (χ0v) is 13.8. The van der Waals surface area contributed by atoms with Gasteiger partial charge in [0, 0.05) is 19.2 Å². The molecule has 1 aromatic heterocycles. The molecule has 0 aliphatic carbocycles. The van der Waals surface area contributed by atoms with E-state index in [9.17, 15) is 18.4 Å². The Labute approximate surface area is 148 Å². The predicted octanol–water partition coefficient (Wildman–Crippen LogP) is 2.52. The fraction of sp³-hybridized carbons (Fsp3) is 0.278. The van der Waals surface area contributed by atoms with Gasteiger partial charge in [0.25, 0.3) is 11.8 Å². The smallest absolute Gasteiger partial charge is 0.274 e. The summed E-state index contributed by atoms with van der Waals surface area (Å²) in [6, 6.07) is 7.18. The Morgan fingerprint density at radius 3 is 2.62 bits per heavy atom. The lowest BCUT2D eigenvalue weighted by Crippen LogP contribution is -2.32. The number of rotatable bonds is 5. The Morgan fingerprint density at radius 2 is 1.92 bits per heavy atom. The van der Waals surface area contributed by atoms with Crippen LogP contribution in [0.2, 0.25) is 0 Å². The number of nitrogens with zero attached hydrogens (tertiary/aromatic N) is 1. The molecule has 0 saturated carbocycles. The van der Waals surface area contributed by atoms with Gasteiger partial charge in [-0.05, 0) is 37.1 Å². The normalized spacial score (nSPS) is 16.3. The van der Waals surface area contributed by atoms with Crippen LogP contribution >= 0.6 is 0 Å². The van der Waals surface area contributed by atoms with Gasteiger partial charge in [-0.3, -0.25) is 9.59 Å². The summed E-state index contributed by atoms with van der Waals surface area (Å²) < 4.78 is 32.0. The van der Waals surface area contributed by atoms with Crippen LogP contribution < -0.4 is 10.6 Å². The van der Waals surface area contributed by atoms with Crippen LogP contribution in [0.4, 0.5) is 14.5 Å². The van der Waals surface area contributed by atoms with Gasteiger partial charge in [-0.1, -0.05) is 6.07 Å². The number of hydrogen-bond acceptors (Lipinski definition) is 4. The van der Waals surface area contributed by atoms with Crippen molar-refractivity contribution in [1.29, 1.82) is 0 Å². The quantitative estimate of drug-likeness (QED) is 0.858. The van der Waals surface area contributed by atoms with Gasteiger partial charge < -0.3 is 15.4 Å². The van der Waals surface area contributed by atoms with Gasteiger partial charge in [-0.25, -0.2) is 13.8 Å². The van der Waals surface area contributed by atoms with E-state index in [1.54, 1.807) is 0 Å². The summed E-state index contributed by atoms with van der Waals surface area (Å²) in [6.07, 6.45) is 1.85. The molecule has 8 heteroatoms. The number of amides is 2. The Morgan fingerprint density at radius 1 is 1.15 bits per heavy atom. The van der Waals surface area contributed by atoms with Crippen molar-refractivity contribution >= 4 is 17.5 Å². The number of halogens is 2. The summed E-state index contributed by atoms with van der Waals surface area (Å²) in [5.41, 5.74) is -0.167. The average Bonchev–Trinajstić information content (AvgIpc) is 3.15. The number of carbonyl (C=O) groups excluding carboxylic acids is 2. The van der Waals surface area contributed by atoms with Crippen LogP contribution in [-0.2, 0) is 4.74 Å². The maximum Gasteiger partial charge on any atom is 0.274 e. The lowest BCUT2D eigenvalue weighted by atomic mass is 10.2. The highest BCUT2D eigenvalue weighted by molar-refractivity contribution is 6.03. The van der Waals surface area contributed by atoms with Gasteiger partial charge >= 0.3 is 0 Å². The summed E-state index contributed by atoms with van der Waals surface area (Å²) >= 11 is 0. The SMILES string of the molecule is O=C(NCC1CCCO1)c1cccc(C(=O)Nc2ccc(F)cc2F)n1. The molecule has 3 rings (SSSR count). The molecule has 1 aliphatic rings. The highest BCUT2D eigenvalue weighted by Gasteiger charge is 2.18. The summed E-state index contributed by atoms with van der Waals surface area (Å²) in [5, 5.41) is 5.01. The molecule has 1 aliphatic heterocycles. The molecule has 136 valence electrons. The van der Waals surface area contributed by atoms with E-state index in [2.05, 4.69) is 15.6 Å². The minimum Gasteiger partial charge on any atom is -0.376 e. The molecule has 2 amide bonds. The van der Waals surface area contributed by atoms with Gasteiger partial charge in [-0.15, -0.1) is 0 Å². The van der Waals surface area contributed by atoms with Gasteiger partial charge in [0.05, 0.1) is 11.8 Å². The second-order valence-corrected chi connectivity index (χ2v) is 5.83. The van der Waals surface area contributed by atoms with E-state index in [4.69, 9.17) is 4.74 Å². The third-order valence-electron chi connectivity index (χ3n) is 3.91. The van der Waals surface area contributed by atoms with Crippen molar-refractivity contribution in [1.82, 2.24) is 10.3 Å². The number of carbonyl (C=O) groups is 2. The first-order chi connectivity index (χ1) is 12.5. The minimum atomic E-state index is -0.899.